The van der Waals surface area contributed by atoms with E-state index in [0.29, 0.717) is 12.6 Å². The molecule has 0 saturated heterocycles. The molecule has 0 aromatic heterocycles. The van der Waals surface area contributed by atoms with Gasteiger partial charge in [0.15, 0.2) is 0 Å². The molecule has 2 N–H and O–H groups in total. The molecular weight excluding hydrogens is 228 g/mol. The van der Waals surface area contributed by atoms with Gasteiger partial charge in [-0.05, 0) is 39.7 Å². The smallest absolute Gasteiger partial charge is 0.407 e. The summed E-state index contributed by atoms with van der Waals surface area (Å²) in [5.41, 5.74) is -0.153. The molecule has 0 aliphatic heterocycles. The molecular formula is C14H28N2O2. The predicted octanol–water partition coefficient (Wildman–Crippen LogP) is 2.82. The maximum Gasteiger partial charge on any atom is 0.407 e. The first-order valence-corrected chi connectivity index (χ1v) is 7.22. The number of amides is 1. The molecule has 1 saturated carbocycles. The van der Waals surface area contributed by atoms with Crippen molar-refractivity contribution in [1.82, 2.24) is 10.6 Å². The van der Waals surface area contributed by atoms with Crippen LogP contribution in [0.15, 0.2) is 0 Å². The number of carbonyl (C=O) groups is 1. The molecule has 0 bridgehead atoms. The first-order valence-electron chi connectivity index (χ1n) is 7.22. The second-order valence-corrected chi connectivity index (χ2v) is 5.87. The minimum absolute atomic E-state index is 0.153. The zero-order valence-corrected chi connectivity index (χ0v) is 12.1. The molecule has 4 heteroatoms. The third-order valence-corrected chi connectivity index (χ3v) is 3.34. The number of carbonyl (C=O) groups excluding carboxylic acids is 1. The largest absolute Gasteiger partial charge is 0.448 e. The number of hydrogen-bond donors (Lipinski definition) is 2. The van der Waals surface area contributed by atoms with Crippen LogP contribution in [0.3, 0.4) is 0 Å². The number of nitrogens with one attached hydrogen (secondary N) is 2. The van der Waals surface area contributed by atoms with Crippen molar-refractivity contribution in [2.24, 2.45) is 0 Å². The van der Waals surface area contributed by atoms with E-state index in [-0.39, 0.29) is 11.6 Å². The van der Waals surface area contributed by atoms with E-state index in [1.165, 1.54) is 19.3 Å². The van der Waals surface area contributed by atoms with E-state index < -0.39 is 0 Å². The van der Waals surface area contributed by atoms with Crippen molar-refractivity contribution >= 4 is 6.09 Å². The van der Waals surface area contributed by atoms with Gasteiger partial charge < -0.3 is 15.4 Å². The van der Waals surface area contributed by atoms with E-state index in [1.54, 1.807) is 0 Å². The van der Waals surface area contributed by atoms with Crippen molar-refractivity contribution in [2.75, 3.05) is 13.2 Å². The Hall–Kier alpha value is -0.770. The van der Waals surface area contributed by atoms with E-state index in [0.717, 1.165) is 25.8 Å². The molecule has 0 radical (unpaired) electrons. The second-order valence-electron chi connectivity index (χ2n) is 5.87. The Bertz CT molecular complexity index is 248. The van der Waals surface area contributed by atoms with Crippen molar-refractivity contribution in [1.29, 1.82) is 0 Å². The van der Waals surface area contributed by atoms with Crippen molar-refractivity contribution in [2.45, 2.75) is 70.9 Å². The maximum absolute atomic E-state index is 11.7. The summed E-state index contributed by atoms with van der Waals surface area (Å²) in [4.78, 5) is 11.7. The minimum Gasteiger partial charge on any atom is -0.448 e. The molecule has 1 rings (SSSR count). The summed E-state index contributed by atoms with van der Waals surface area (Å²) < 4.78 is 5.29. The van der Waals surface area contributed by atoms with Crippen molar-refractivity contribution < 1.29 is 9.53 Å². The topological polar surface area (TPSA) is 50.4 Å². The van der Waals surface area contributed by atoms with Crippen LogP contribution in [0.1, 0.15) is 59.3 Å². The molecule has 0 unspecified atom stereocenters. The van der Waals surface area contributed by atoms with E-state index in [9.17, 15) is 4.79 Å². The van der Waals surface area contributed by atoms with Gasteiger partial charge in [-0.2, -0.15) is 0 Å². The fourth-order valence-corrected chi connectivity index (χ4v) is 2.22. The van der Waals surface area contributed by atoms with Crippen LogP contribution in [0.5, 0.6) is 0 Å². The second kappa shape index (κ2) is 7.62. The lowest BCUT2D eigenvalue weighted by Gasteiger charge is -2.27. The van der Waals surface area contributed by atoms with Crippen LogP contribution >= 0.6 is 0 Å². The highest BCUT2D eigenvalue weighted by Gasteiger charge is 2.21. The maximum atomic E-state index is 11.7. The molecule has 1 aliphatic carbocycles. The lowest BCUT2D eigenvalue weighted by molar-refractivity contribution is 0.109. The molecule has 4 nitrogen and oxygen atoms in total. The van der Waals surface area contributed by atoms with Gasteiger partial charge in [-0.15, -0.1) is 0 Å². The Labute approximate surface area is 111 Å². The Morgan fingerprint density at radius 1 is 1.28 bits per heavy atom. The van der Waals surface area contributed by atoms with Crippen LogP contribution in [-0.2, 0) is 4.74 Å². The van der Waals surface area contributed by atoms with Crippen molar-refractivity contribution in [3.05, 3.63) is 0 Å². The zero-order valence-electron chi connectivity index (χ0n) is 12.1. The Kier molecular flexibility index (Phi) is 6.47. The third kappa shape index (κ3) is 6.24. The summed E-state index contributed by atoms with van der Waals surface area (Å²) in [6, 6.07) is 0.318. The van der Waals surface area contributed by atoms with E-state index >= 15 is 0 Å². The molecule has 0 aromatic rings. The summed E-state index contributed by atoms with van der Waals surface area (Å²) in [7, 11) is 0. The van der Waals surface area contributed by atoms with Gasteiger partial charge >= 0.3 is 6.09 Å². The van der Waals surface area contributed by atoms with Gasteiger partial charge in [0.2, 0.25) is 0 Å². The highest BCUT2D eigenvalue weighted by atomic mass is 16.5. The van der Waals surface area contributed by atoms with Gasteiger partial charge in [0.1, 0.15) is 6.61 Å². The summed E-state index contributed by atoms with van der Waals surface area (Å²) >= 11 is 0. The number of hydrogen-bond acceptors (Lipinski definition) is 3. The number of ether oxygens (including phenoxy) is 1. The molecule has 18 heavy (non-hydrogen) atoms. The van der Waals surface area contributed by atoms with Crippen molar-refractivity contribution in [3.63, 3.8) is 0 Å². The van der Waals surface area contributed by atoms with Gasteiger partial charge in [-0.3, -0.25) is 0 Å². The SMILES string of the molecule is CCCNC(C)(C)COC(=O)NC1CCCCC1. The molecule has 106 valence electrons. The van der Waals surface area contributed by atoms with Gasteiger partial charge in [0.25, 0.3) is 0 Å². The monoisotopic (exact) mass is 256 g/mol. The molecule has 0 heterocycles. The molecule has 1 amide bonds. The zero-order chi connectivity index (χ0) is 13.4. The van der Waals surface area contributed by atoms with Crippen LogP contribution in [0.25, 0.3) is 0 Å². The lowest BCUT2D eigenvalue weighted by atomic mass is 9.96. The van der Waals surface area contributed by atoms with Crippen LogP contribution in [0.4, 0.5) is 4.79 Å². The summed E-state index contributed by atoms with van der Waals surface area (Å²) in [5.74, 6) is 0. The number of alkyl carbamates (subject to hydrolysis) is 1. The van der Waals surface area contributed by atoms with Gasteiger partial charge in [-0.25, -0.2) is 4.79 Å². The normalized spacial score (nSPS) is 17.5. The first-order chi connectivity index (χ1) is 8.53. The molecule has 0 spiro atoms. The quantitative estimate of drug-likeness (QED) is 0.768. The molecule has 0 atom stereocenters. The van der Waals surface area contributed by atoms with Gasteiger partial charge in [0.05, 0.1) is 0 Å². The lowest BCUT2D eigenvalue weighted by Crippen LogP contribution is -2.46. The average Bonchev–Trinajstić information content (AvgIpc) is 2.36. The summed E-state index contributed by atoms with van der Waals surface area (Å²) in [6.07, 6.45) is 6.72. The van der Waals surface area contributed by atoms with E-state index in [1.807, 2.05) is 0 Å². The van der Waals surface area contributed by atoms with Crippen LogP contribution in [0.2, 0.25) is 0 Å². The standard InChI is InChI=1S/C14H28N2O2/c1-4-10-15-14(2,3)11-18-13(17)16-12-8-6-5-7-9-12/h12,15H,4-11H2,1-3H3,(H,16,17). The van der Waals surface area contributed by atoms with Gasteiger partial charge in [-0.1, -0.05) is 26.2 Å². The van der Waals surface area contributed by atoms with Crippen LogP contribution in [0, 0.1) is 0 Å². The van der Waals surface area contributed by atoms with Crippen LogP contribution in [-0.4, -0.2) is 30.8 Å². The Balaban J connectivity index is 2.19. The molecule has 1 fully saturated rings. The minimum atomic E-state index is -0.270. The summed E-state index contributed by atoms with van der Waals surface area (Å²) in [6.45, 7) is 7.58. The van der Waals surface area contributed by atoms with Crippen molar-refractivity contribution in [3.8, 4) is 0 Å². The van der Waals surface area contributed by atoms with E-state index in [2.05, 4.69) is 31.4 Å². The predicted molar refractivity (Wildman–Crippen MR) is 73.7 cm³/mol. The van der Waals surface area contributed by atoms with E-state index in [4.69, 9.17) is 4.74 Å². The fourth-order valence-electron chi connectivity index (χ4n) is 2.22. The van der Waals surface area contributed by atoms with Crippen LogP contribution < -0.4 is 10.6 Å². The Morgan fingerprint density at radius 2 is 1.94 bits per heavy atom. The first kappa shape index (κ1) is 15.3. The fraction of sp³-hybridized carbons (Fsp3) is 0.929. The highest BCUT2D eigenvalue weighted by Crippen LogP contribution is 2.17. The third-order valence-electron chi connectivity index (χ3n) is 3.34. The molecule has 1 aliphatic rings. The Morgan fingerprint density at radius 3 is 2.56 bits per heavy atom. The number of rotatable bonds is 6. The average molecular weight is 256 g/mol. The summed E-state index contributed by atoms with van der Waals surface area (Å²) in [5, 5.41) is 6.32. The molecule has 0 aromatic carbocycles. The highest BCUT2D eigenvalue weighted by molar-refractivity contribution is 5.67. The van der Waals surface area contributed by atoms with Gasteiger partial charge in [0, 0.05) is 11.6 Å².